The van der Waals surface area contributed by atoms with Gasteiger partial charge in [-0.2, -0.15) is 0 Å². The Bertz CT molecular complexity index is 1020. The summed E-state index contributed by atoms with van der Waals surface area (Å²) in [5.41, 5.74) is 3.59. The summed E-state index contributed by atoms with van der Waals surface area (Å²) in [6.07, 6.45) is 2.58. The van der Waals surface area contributed by atoms with Gasteiger partial charge in [0.05, 0.1) is 18.3 Å². The van der Waals surface area contributed by atoms with E-state index in [4.69, 9.17) is 4.42 Å². The van der Waals surface area contributed by atoms with E-state index in [0.29, 0.717) is 6.54 Å². The van der Waals surface area contributed by atoms with Crippen LogP contribution in [-0.2, 0) is 22.6 Å². The van der Waals surface area contributed by atoms with Gasteiger partial charge in [0.25, 0.3) is 0 Å². The molecule has 1 aliphatic rings. The zero-order valence-electron chi connectivity index (χ0n) is 17.6. The Morgan fingerprint density at radius 3 is 2.45 bits per heavy atom. The van der Waals surface area contributed by atoms with E-state index in [1.807, 2.05) is 55.5 Å². The Morgan fingerprint density at radius 2 is 1.71 bits per heavy atom. The molecule has 2 amide bonds. The first-order valence-corrected chi connectivity index (χ1v) is 10.6. The van der Waals surface area contributed by atoms with Crippen molar-refractivity contribution in [2.45, 2.75) is 32.0 Å². The third kappa shape index (κ3) is 5.03. The molecule has 0 unspecified atom stereocenters. The summed E-state index contributed by atoms with van der Waals surface area (Å²) in [6, 6.07) is 21.3. The molecular formula is C25H27N3O3. The van der Waals surface area contributed by atoms with E-state index in [9.17, 15) is 9.59 Å². The highest BCUT2D eigenvalue weighted by Crippen LogP contribution is 2.27. The van der Waals surface area contributed by atoms with Crippen molar-refractivity contribution < 1.29 is 14.0 Å². The molecule has 0 aliphatic carbocycles. The Kier molecular flexibility index (Phi) is 6.48. The minimum Gasteiger partial charge on any atom is -0.468 e. The van der Waals surface area contributed by atoms with Gasteiger partial charge in [-0.1, -0.05) is 54.6 Å². The number of nitrogens with zero attached hydrogens (tertiary/aromatic N) is 1. The molecule has 1 aliphatic heterocycles. The highest BCUT2D eigenvalue weighted by Gasteiger charge is 2.28. The molecular weight excluding hydrogens is 390 g/mol. The van der Waals surface area contributed by atoms with Gasteiger partial charge in [0.1, 0.15) is 5.76 Å². The maximum atomic E-state index is 12.5. The molecule has 0 radical (unpaired) electrons. The summed E-state index contributed by atoms with van der Waals surface area (Å²) in [4.78, 5) is 27.2. The molecule has 31 heavy (non-hydrogen) atoms. The summed E-state index contributed by atoms with van der Waals surface area (Å²) in [6.45, 7) is 3.78. The predicted molar refractivity (Wildman–Crippen MR) is 118 cm³/mol. The van der Waals surface area contributed by atoms with Crippen molar-refractivity contribution in [1.82, 2.24) is 15.5 Å². The fourth-order valence-corrected chi connectivity index (χ4v) is 4.03. The number of carbonyl (C=O) groups is 2. The second-order valence-electron chi connectivity index (χ2n) is 7.84. The molecule has 0 fully saturated rings. The fourth-order valence-electron chi connectivity index (χ4n) is 4.03. The largest absolute Gasteiger partial charge is 0.468 e. The van der Waals surface area contributed by atoms with Crippen LogP contribution in [0.3, 0.4) is 0 Å². The lowest BCUT2D eigenvalue weighted by molar-refractivity contribution is -0.139. The van der Waals surface area contributed by atoms with Crippen molar-refractivity contribution in [1.29, 1.82) is 0 Å². The average Bonchev–Trinajstić information content (AvgIpc) is 3.34. The summed E-state index contributed by atoms with van der Waals surface area (Å²) >= 11 is 0. The van der Waals surface area contributed by atoms with Gasteiger partial charge in [0, 0.05) is 19.6 Å². The van der Waals surface area contributed by atoms with Gasteiger partial charge in [0.2, 0.25) is 0 Å². The lowest BCUT2D eigenvalue weighted by atomic mass is 9.98. The minimum atomic E-state index is -0.642. The van der Waals surface area contributed by atoms with Crippen LogP contribution in [0.15, 0.2) is 77.4 Å². The van der Waals surface area contributed by atoms with Gasteiger partial charge in [0.15, 0.2) is 0 Å². The Labute approximate surface area is 182 Å². The number of hydrogen-bond donors (Lipinski definition) is 2. The smallest absolute Gasteiger partial charge is 0.309 e. The van der Waals surface area contributed by atoms with Crippen molar-refractivity contribution >= 4 is 11.8 Å². The monoisotopic (exact) mass is 417 g/mol. The Balaban J connectivity index is 1.39. The third-order valence-corrected chi connectivity index (χ3v) is 5.78. The van der Waals surface area contributed by atoms with Crippen LogP contribution < -0.4 is 10.6 Å². The fraction of sp³-hybridized carbons (Fsp3) is 0.280. The lowest BCUT2D eigenvalue weighted by Gasteiger charge is -2.34. The summed E-state index contributed by atoms with van der Waals surface area (Å²) in [5.74, 6) is -0.506. The van der Waals surface area contributed by atoms with Crippen LogP contribution in [0, 0.1) is 0 Å². The second-order valence-corrected chi connectivity index (χ2v) is 7.84. The van der Waals surface area contributed by atoms with Gasteiger partial charge in [-0.15, -0.1) is 0 Å². The van der Waals surface area contributed by atoms with Crippen LogP contribution in [0.2, 0.25) is 0 Å². The van der Waals surface area contributed by atoms with E-state index < -0.39 is 11.8 Å². The van der Waals surface area contributed by atoms with Crippen molar-refractivity contribution in [3.8, 4) is 0 Å². The quantitative estimate of drug-likeness (QED) is 0.603. The number of benzene rings is 2. The van der Waals surface area contributed by atoms with E-state index in [2.05, 4.69) is 33.7 Å². The van der Waals surface area contributed by atoms with Crippen molar-refractivity contribution in [2.75, 3.05) is 13.1 Å². The van der Waals surface area contributed by atoms with Gasteiger partial charge in [-0.25, -0.2) is 0 Å². The summed E-state index contributed by atoms with van der Waals surface area (Å²) in [5, 5.41) is 5.56. The predicted octanol–water partition coefficient (Wildman–Crippen LogP) is 3.37. The summed E-state index contributed by atoms with van der Waals surface area (Å²) in [7, 11) is 0. The number of furan rings is 1. The standard InChI is InChI=1S/C25H27N3O3/c1-18(19-8-3-2-4-9-19)27-25(30)24(29)26-16-22(23-12-7-15-31-23)28-14-13-20-10-5-6-11-21(20)17-28/h2-12,15,18,22H,13-14,16-17H2,1H3,(H,26,29)(H,27,30)/t18-,22+/m1/s1. The van der Waals surface area contributed by atoms with Crippen LogP contribution in [-0.4, -0.2) is 29.8 Å². The first kappa shape index (κ1) is 20.9. The number of carbonyl (C=O) groups excluding carboxylic acids is 2. The van der Waals surface area contributed by atoms with E-state index in [0.717, 1.165) is 30.8 Å². The first-order chi connectivity index (χ1) is 15.1. The molecule has 0 saturated heterocycles. The van der Waals surface area contributed by atoms with E-state index in [1.165, 1.54) is 11.1 Å². The third-order valence-electron chi connectivity index (χ3n) is 5.78. The van der Waals surface area contributed by atoms with Gasteiger partial charge >= 0.3 is 11.8 Å². The van der Waals surface area contributed by atoms with Gasteiger partial charge in [-0.05, 0) is 42.2 Å². The Morgan fingerprint density at radius 1 is 0.968 bits per heavy atom. The van der Waals surface area contributed by atoms with Crippen LogP contribution in [0.1, 0.15) is 41.5 Å². The summed E-state index contributed by atoms with van der Waals surface area (Å²) < 4.78 is 5.66. The van der Waals surface area contributed by atoms with E-state index >= 15 is 0 Å². The molecule has 1 aromatic heterocycles. The van der Waals surface area contributed by atoms with Crippen LogP contribution in [0.25, 0.3) is 0 Å². The highest BCUT2D eigenvalue weighted by atomic mass is 16.3. The molecule has 4 rings (SSSR count). The van der Waals surface area contributed by atoms with Crippen molar-refractivity contribution in [2.24, 2.45) is 0 Å². The van der Waals surface area contributed by atoms with Crippen LogP contribution in [0.4, 0.5) is 0 Å². The molecule has 6 nitrogen and oxygen atoms in total. The topological polar surface area (TPSA) is 74.6 Å². The van der Waals surface area contributed by atoms with E-state index in [-0.39, 0.29) is 12.1 Å². The normalized spacial score (nSPS) is 15.5. The minimum absolute atomic E-state index is 0.147. The zero-order valence-corrected chi connectivity index (χ0v) is 17.6. The average molecular weight is 418 g/mol. The Hall–Kier alpha value is -3.38. The molecule has 2 heterocycles. The van der Waals surface area contributed by atoms with Gasteiger partial charge < -0.3 is 15.1 Å². The maximum Gasteiger partial charge on any atom is 0.309 e. The molecule has 2 aromatic carbocycles. The second kappa shape index (κ2) is 9.62. The first-order valence-electron chi connectivity index (χ1n) is 10.6. The number of fused-ring (bicyclic) bond motifs is 1. The van der Waals surface area contributed by atoms with Crippen molar-refractivity contribution in [3.05, 3.63) is 95.4 Å². The highest BCUT2D eigenvalue weighted by molar-refractivity contribution is 6.35. The lowest BCUT2D eigenvalue weighted by Crippen LogP contribution is -2.45. The molecule has 2 N–H and O–H groups in total. The molecule has 0 saturated carbocycles. The SMILES string of the molecule is C[C@@H](NC(=O)C(=O)NC[C@@H](c1ccco1)N1CCc2ccccc2C1)c1ccccc1. The molecule has 0 spiro atoms. The van der Waals surface area contributed by atoms with Gasteiger partial charge in [-0.3, -0.25) is 14.5 Å². The molecule has 160 valence electrons. The zero-order chi connectivity index (χ0) is 21.6. The molecule has 6 heteroatoms. The van der Waals surface area contributed by atoms with Crippen molar-refractivity contribution in [3.63, 3.8) is 0 Å². The van der Waals surface area contributed by atoms with E-state index in [1.54, 1.807) is 6.26 Å². The van der Waals surface area contributed by atoms with Crippen LogP contribution >= 0.6 is 0 Å². The molecule has 2 atom stereocenters. The molecule has 0 bridgehead atoms. The number of hydrogen-bond acceptors (Lipinski definition) is 4. The molecule has 3 aromatic rings. The number of nitrogens with one attached hydrogen (secondary N) is 2. The maximum absolute atomic E-state index is 12.5. The number of amides is 2. The number of rotatable bonds is 6. The van der Waals surface area contributed by atoms with Crippen LogP contribution in [0.5, 0.6) is 0 Å².